The molecule has 0 atom stereocenters. The van der Waals surface area contributed by atoms with Crippen LogP contribution in [0.4, 0.5) is 24.5 Å². The Morgan fingerprint density at radius 3 is 2.12 bits per heavy atom. The van der Waals surface area contributed by atoms with E-state index in [1.165, 1.54) is 43.4 Å². The SMILES string of the molecule is CN(c1ccccc1)S(=O)(=O)c1ccc(C(=O)OCC(=O)Nc2ccccc2C(F)(F)F)cc1. The number of alkyl halides is 3. The summed E-state index contributed by atoms with van der Waals surface area (Å²) in [5, 5.41) is 2.06. The molecule has 3 aromatic carbocycles. The number of sulfonamides is 1. The van der Waals surface area contributed by atoms with Crippen LogP contribution in [-0.2, 0) is 25.7 Å². The average molecular weight is 492 g/mol. The van der Waals surface area contributed by atoms with Gasteiger partial charge in [0.1, 0.15) is 0 Å². The maximum atomic E-state index is 13.0. The van der Waals surface area contributed by atoms with Crippen molar-refractivity contribution in [1.29, 1.82) is 0 Å². The highest BCUT2D eigenvalue weighted by Gasteiger charge is 2.33. The molecule has 7 nitrogen and oxygen atoms in total. The van der Waals surface area contributed by atoms with Crippen LogP contribution < -0.4 is 9.62 Å². The predicted molar refractivity (Wildman–Crippen MR) is 119 cm³/mol. The third-order valence-corrected chi connectivity index (χ3v) is 6.51. The van der Waals surface area contributed by atoms with Gasteiger partial charge in [0.2, 0.25) is 0 Å². The molecular weight excluding hydrogens is 473 g/mol. The highest BCUT2D eigenvalue weighted by Crippen LogP contribution is 2.34. The molecule has 1 N–H and O–H groups in total. The minimum absolute atomic E-state index is 0.0372. The highest BCUT2D eigenvalue weighted by molar-refractivity contribution is 7.92. The quantitative estimate of drug-likeness (QED) is 0.496. The Kier molecular flexibility index (Phi) is 7.26. The second-order valence-electron chi connectivity index (χ2n) is 7.00. The second-order valence-corrected chi connectivity index (χ2v) is 8.97. The number of anilines is 2. The number of carbonyl (C=O) groups is 2. The fourth-order valence-electron chi connectivity index (χ4n) is 2.94. The van der Waals surface area contributed by atoms with Crippen molar-refractivity contribution in [3.63, 3.8) is 0 Å². The first-order valence-corrected chi connectivity index (χ1v) is 11.2. The zero-order valence-electron chi connectivity index (χ0n) is 17.7. The Morgan fingerprint density at radius 1 is 0.912 bits per heavy atom. The number of nitrogens with one attached hydrogen (secondary N) is 1. The van der Waals surface area contributed by atoms with Gasteiger partial charge in [-0.25, -0.2) is 13.2 Å². The summed E-state index contributed by atoms with van der Waals surface area (Å²) in [6.07, 6.45) is -4.67. The second kappa shape index (κ2) is 9.96. The Morgan fingerprint density at radius 2 is 1.50 bits per heavy atom. The van der Waals surface area contributed by atoms with Gasteiger partial charge in [-0.3, -0.25) is 9.10 Å². The Balaban J connectivity index is 1.63. The topological polar surface area (TPSA) is 92.8 Å². The van der Waals surface area contributed by atoms with Crippen LogP contribution >= 0.6 is 0 Å². The molecule has 1 amide bonds. The van der Waals surface area contributed by atoms with Crippen LogP contribution in [0.2, 0.25) is 0 Å². The van der Waals surface area contributed by atoms with Crippen LogP contribution in [0.25, 0.3) is 0 Å². The van der Waals surface area contributed by atoms with Crippen molar-refractivity contribution in [1.82, 2.24) is 0 Å². The van der Waals surface area contributed by atoms with E-state index in [1.54, 1.807) is 30.3 Å². The summed E-state index contributed by atoms with van der Waals surface area (Å²) in [5.74, 6) is -1.91. The maximum Gasteiger partial charge on any atom is 0.418 e. The van der Waals surface area contributed by atoms with Crippen molar-refractivity contribution in [3.8, 4) is 0 Å². The van der Waals surface area contributed by atoms with Crippen LogP contribution in [0.5, 0.6) is 0 Å². The molecule has 0 radical (unpaired) electrons. The molecule has 0 bridgehead atoms. The van der Waals surface area contributed by atoms with Crippen molar-refractivity contribution in [3.05, 3.63) is 90.0 Å². The van der Waals surface area contributed by atoms with Crippen molar-refractivity contribution in [2.45, 2.75) is 11.1 Å². The van der Waals surface area contributed by atoms with Gasteiger partial charge in [0.05, 0.1) is 27.4 Å². The molecule has 0 aliphatic heterocycles. The molecule has 0 saturated heterocycles. The first-order chi connectivity index (χ1) is 16.0. The summed E-state index contributed by atoms with van der Waals surface area (Å²) < 4.78 is 70.5. The van der Waals surface area contributed by atoms with Gasteiger partial charge in [-0.1, -0.05) is 30.3 Å². The van der Waals surface area contributed by atoms with Gasteiger partial charge in [-0.15, -0.1) is 0 Å². The smallest absolute Gasteiger partial charge is 0.418 e. The predicted octanol–water partition coefficient (Wildman–Crippen LogP) is 4.33. The molecule has 0 heterocycles. The fraction of sp³-hybridized carbons (Fsp3) is 0.130. The summed E-state index contributed by atoms with van der Waals surface area (Å²) in [7, 11) is -2.49. The lowest BCUT2D eigenvalue weighted by Crippen LogP contribution is -2.26. The van der Waals surface area contributed by atoms with Crippen LogP contribution in [0.15, 0.2) is 83.8 Å². The lowest BCUT2D eigenvalue weighted by atomic mass is 10.1. The summed E-state index contributed by atoms with van der Waals surface area (Å²) in [5.41, 5.74) is -1.09. The summed E-state index contributed by atoms with van der Waals surface area (Å²) in [6, 6.07) is 17.6. The van der Waals surface area contributed by atoms with Gasteiger partial charge in [-0.05, 0) is 48.5 Å². The zero-order chi connectivity index (χ0) is 24.9. The fourth-order valence-corrected chi connectivity index (χ4v) is 4.13. The number of ether oxygens (including phenoxy) is 1. The largest absolute Gasteiger partial charge is 0.452 e. The van der Waals surface area contributed by atoms with Gasteiger partial charge in [0, 0.05) is 7.05 Å². The molecule has 34 heavy (non-hydrogen) atoms. The van der Waals surface area contributed by atoms with Gasteiger partial charge in [0.15, 0.2) is 6.61 Å². The first kappa shape index (κ1) is 24.8. The third kappa shape index (κ3) is 5.73. The molecule has 0 aromatic heterocycles. The summed E-state index contributed by atoms with van der Waals surface area (Å²) >= 11 is 0. The molecule has 0 unspecified atom stereocenters. The maximum absolute atomic E-state index is 13.0. The molecule has 0 fully saturated rings. The minimum Gasteiger partial charge on any atom is -0.452 e. The normalized spacial score (nSPS) is 11.5. The molecule has 0 aliphatic rings. The highest BCUT2D eigenvalue weighted by atomic mass is 32.2. The Bertz CT molecular complexity index is 1280. The lowest BCUT2D eigenvalue weighted by Gasteiger charge is -2.19. The average Bonchev–Trinajstić information content (AvgIpc) is 2.82. The van der Waals surface area contributed by atoms with E-state index < -0.39 is 45.9 Å². The number of hydrogen-bond acceptors (Lipinski definition) is 5. The molecule has 0 aliphatic carbocycles. The lowest BCUT2D eigenvalue weighted by molar-refractivity contribution is -0.137. The number of esters is 1. The van der Waals surface area contributed by atoms with E-state index in [9.17, 15) is 31.2 Å². The molecule has 178 valence electrons. The Labute approximate surface area is 193 Å². The van der Waals surface area contributed by atoms with Crippen molar-refractivity contribution in [2.24, 2.45) is 0 Å². The number of para-hydroxylation sites is 2. The molecule has 11 heteroatoms. The van der Waals surface area contributed by atoms with Crippen molar-refractivity contribution >= 4 is 33.3 Å². The van der Waals surface area contributed by atoms with Crippen LogP contribution in [0.1, 0.15) is 15.9 Å². The van der Waals surface area contributed by atoms with E-state index in [0.717, 1.165) is 16.4 Å². The Hall–Kier alpha value is -3.86. The van der Waals surface area contributed by atoms with E-state index in [2.05, 4.69) is 5.32 Å². The van der Waals surface area contributed by atoms with E-state index in [0.29, 0.717) is 5.69 Å². The number of nitrogens with zero attached hydrogens (tertiary/aromatic N) is 1. The van der Waals surface area contributed by atoms with E-state index in [-0.39, 0.29) is 10.5 Å². The van der Waals surface area contributed by atoms with Crippen LogP contribution in [0.3, 0.4) is 0 Å². The van der Waals surface area contributed by atoms with E-state index >= 15 is 0 Å². The number of hydrogen-bond donors (Lipinski definition) is 1. The molecular formula is C23H19F3N2O5S. The minimum atomic E-state index is -4.67. The summed E-state index contributed by atoms with van der Waals surface area (Å²) in [4.78, 5) is 24.1. The van der Waals surface area contributed by atoms with Gasteiger partial charge >= 0.3 is 12.1 Å². The number of carbonyl (C=O) groups excluding carboxylic acids is 2. The number of amides is 1. The first-order valence-electron chi connectivity index (χ1n) is 9.77. The van der Waals surface area contributed by atoms with Crippen molar-refractivity contribution < 1.29 is 35.9 Å². The molecule has 3 aromatic rings. The monoisotopic (exact) mass is 492 g/mol. The third-order valence-electron chi connectivity index (χ3n) is 4.71. The molecule has 0 saturated carbocycles. The number of benzene rings is 3. The van der Waals surface area contributed by atoms with Crippen molar-refractivity contribution in [2.75, 3.05) is 23.3 Å². The van der Waals surface area contributed by atoms with Gasteiger partial charge < -0.3 is 10.1 Å². The van der Waals surface area contributed by atoms with E-state index in [4.69, 9.17) is 4.74 Å². The standard InChI is InChI=1S/C23H19F3N2O5S/c1-28(17-7-3-2-4-8-17)34(31,32)18-13-11-16(12-14-18)22(30)33-15-21(29)27-20-10-6-5-9-19(20)23(24,25)26/h2-14H,15H2,1H3,(H,27,29). The molecule has 3 rings (SSSR count). The molecule has 0 spiro atoms. The van der Waals surface area contributed by atoms with Crippen LogP contribution in [0, 0.1) is 0 Å². The zero-order valence-corrected chi connectivity index (χ0v) is 18.6. The van der Waals surface area contributed by atoms with Gasteiger partial charge in [0.25, 0.3) is 15.9 Å². The number of halogens is 3. The van der Waals surface area contributed by atoms with Crippen LogP contribution in [-0.4, -0.2) is 33.9 Å². The van der Waals surface area contributed by atoms with Gasteiger partial charge in [-0.2, -0.15) is 13.2 Å². The summed E-state index contributed by atoms with van der Waals surface area (Å²) in [6.45, 7) is -0.832. The number of rotatable bonds is 7. The van der Waals surface area contributed by atoms with E-state index in [1.807, 2.05) is 0 Å².